The molecule has 0 radical (unpaired) electrons. The van der Waals surface area contributed by atoms with Gasteiger partial charge in [-0.3, -0.25) is 13.9 Å². The highest BCUT2D eigenvalue weighted by molar-refractivity contribution is 7.71. The summed E-state index contributed by atoms with van der Waals surface area (Å²) < 4.78 is 3.33. The third-order valence-corrected chi connectivity index (χ3v) is 6.18. The Labute approximate surface area is 184 Å². The molecule has 154 valence electrons. The molecule has 0 unspecified atom stereocenters. The third-order valence-electron chi connectivity index (χ3n) is 5.81. The molecule has 0 bridgehead atoms. The van der Waals surface area contributed by atoms with Gasteiger partial charge >= 0.3 is 0 Å². The Kier molecular flexibility index (Phi) is 5.02. The van der Waals surface area contributed by atoms with Gasteiger partial charge in [0.05, 0.1) is 17.9 Å². The lowest BCUT2D eigenvalue weighted by molar-refractivity contribution is -0.690. The van der Waals surface area contributed by atoms with Crippen molar-refractivity contribution < 1.29 is 10.4 Å². The van der Waals surface area contributed by atoms with Gasteiger partial charge in [-0.2, -0.15) is 0 Å². The van der Waals surface area contributed by atoms with Gasteiger partial charge in [0.2, 0.25) is 5.88 Å². The fraction of sp³-hybridized carbons (Fsp3) is 0.120. The van der Waals surface area contributed by atoms with Crippen molar-refractivity contribution in [2.24, 2.45) is 0 Å². The molecule has 1 atom stereocenters. The van der Waals surface area contributed by atoms with Crippen LogP contribution in [0.4, 0.5) is 0 Å². The van der Waals surface area contributed by atoms with Gasteiger partial charge in [-0.15, -0.1) is 0 Å². The maximum Gasteiger partial charge on any atom is 0.272 e. The van der Waals surface area contributed by atoms with E-state index >= 15 is 0 Å². The number of quaternary nitrogens is 1. The second-order valence-electron chi connectivity index (χ2n) is 7.62. The first-order valence-corrected chi connectivity index (χ1v) is 10.7. The highest BCUT2D eigenvalue weighted by atomic mass is 32.1. The Morgan fingerprint density at radius 2 is 1.42 bits per heavy atom. The highest BCUT2D eigenvalue weighted by Gasteiger charge is 2.32. The lowest BCUT2D eigenvalue weighted by Gasteiger charge is -2.26. The highest BCUT2D eigenvalue weighted by Crippen LogP contribution is 2.30. The summed E-state index contributed by atoms with van der Waals surface area (Å²) in [5.74, 6) is -0.105. The molecule has 6 heteroatoms. The number of fused-ring (bicyclic) bond motifs is 1. The van der Waals surface area contributed by atoms with Gasteiger partial charge in [-0.05, 0) is 42.0 Å². The van der Waals surface area contributed by atoms with E-state index in [9.17, 15) is 9.90 Å². The first-order chi connectivity index (χ1) is 15.2. The van der Waals surface area contributed by atoms with Crippen molar-refractivity contribution in [1.29, 1.82) is 0 Å². The maximum atomic E-state index is 13.8. The molecule has 0 amide bonds. The predicted molar refractivity (Wildman–Crippen MR) is 123 cm³/mol. The molecule has 0 fully saturated rings. The normalized spacial score (nSPS) is 15.4. The van der Waals surface area contributed by atoms with E-state index in [0.717, 1.165) is 18.5 Å². The third kappa shape index (κ3) is 3.30. The molecule has 31 heavy (non-hydrogen) atoms. The van der Waals surface area contributed by atoms with Crippen LogP contribution in [0.5, 0.6) is 5.88 Å². The van der Waals surface area contributed by atoms with Crippen LogP contribution in [-0.2, 0) is 6.42 Å². The summed E-state index contributed by atoms with van der Waals surface area (Å²) in [5.41, 5.74) is 3.69. The van der Waals surface area contributed by atoms with E-state index in [1.54, 1.807) is 4.57 Å². The van der Waals surface area contributed by atoms with Gasteiger partial charge < -0.3 is 10.4 Å². The SMILES string of the molecule is O=c1c([C@H]2[NH2+]CCc3ccccc32)c(O)n(-c2ccccc2)c(=S)n1-c1ccccc1. The topological polar surface area (TPSA) is 63.8 Å². The quantitative estimate of drug-likeness (QED) is 0.493. The first kappa shape index (κ1) is 19.5. The summed E-state index contributed by atoms with van der Waals surface area (Å²) in [6, 6.07) is 26.6. The summed E-state index contributed by atoms with van der Waals surface area (Å²) in [5, 5.41) is 13.5. The number of benzene rings is 3. The average molecular weight is 429 g/mol. The summed E-state index contributed by atoms with van der Waals surface area (Å²) in [4.78, 5) is 13.8. The molecule has 0 aliphatic carbocycles. The minimum absolute atomic E-state index is 0.105. The molecular weight excluding hydrogens is 406 g/mol. The van der Waals surface area contributed by atoms with E-state index in [0.29, 0.717) is 16.9 Å². The minimum atomic E-state index is -0.307. The molecular formula is C25H22N3O2S+. The van der Waals surface area contributed by atoms with Gasteiger partial charge in [0, 0.05) is 12.0 Å². The molecule has 0 spiro atoms. The van der Waals surface area contributed by atoms with Gasteiger partial charge in [-0.1, -0.05) is 60.7 Å². The maximum absolute atomic E-state index is 13.8. The van der Waals surface area contributed by atoms with Gasteiger partial charge in [0.25, 0.3) is 5.56 Å². The Morgan fingerprint density at radius 1 is 0.839 bits per heavy atom. The van der Waals surface area contributed by atoms with Crippen LogP contribution >= 0.6 is 12.2 Å². The molecule has 0 saturated carbocycles. The number of aromatic hydroxyl groups is 1. The Morgan fingerprint density at radius 3 is 2.10 bits per heavy atom. The smallest absolute Gasteiger partial charge is 0.272 e. The average Bonchev–Trinajstić information content (AvgIpc) is 2.81. The van der Waals surface area contributed by atoms with Crippen molar-refractivity contribution in [1.82, 2.24) is 9.13 Å². The molecule has 5 nitrogen and oxygen atoms in total. The molecule has 4 aromatic rings. The summed E-state index contributed by atoms with van der Waals surface area (Å²) >= 11 is 5.73. The molecule has 0 saturated heterocycles. The summed E-state index contributed by atoms with van der Waals surface area (Å²) in [6.45, 7) is 0.840. The number of para-hydroxylation sites is 2. The van der Waals surface area contributed by atoms with E-state index in [-0.39, 0.29) is 22.3 Å². The second-order valence-corrected chi connectivity index (χ2v) is 7.98. The summed E-state index contributed by atoms with van der Waals surface area (Å²) in [7, 11) is 0. The van der Waals surface area contributed by atoms with Gasteiger partial charge in [-0.25, -0.2) is 0 Å². The Balaban J connectivity index is 1.86. The number of rotatable bonds is 3. The lowest BCUT2D eigenvalue weighted by atomic mass is 9.90. The zero-order chi connectivity index (χ0) is 21.4. The molecule has 1 aliphatic heterocycles. The van der Waals surface area contributed by atoms with Crippen LogP contribution in [0.2, 0.25) is 0 Å². The van der Waals surface area contributed by atoms with Crippen LogP contribution in [0.3, 0.4) is 0 Å². The summed E-state index contributed by atoms with van der Waals surface area (Å²) in [6.07, 6.45) is 0.929. The fourth-order valence-corrected chi connectivity index (χ4v) is 4.75. The molecule has 5 rings (SSSR count). The molecule has 1 aromatic heterocycles. The fourth-order valence-electron chi connectivity index (χ4n) is 4.37. The molecule has 1 aliphatic rings. The Bertz CT molecular complexity index is 1360. The van der Waals surface area contributed by atoms with Crippen LogP contribution in [0.25, 0.3) is 11.4 Å². The van der Waals surface area contributed by atoms with E-state index in [1.807, 2.05) is 78.9 Å². The number of hydrogen-bond donors (Lipinski definition) is 2. The molecule has 3 aromatic carbocycles. The molecule has 3 N–H and O–H groups in total. The minimum Gasteiger partial charge on any atom is -0.494 e. The van der Waals surface area contributed by atoms with Crippen LogP contribution in [0.1, 0.15) is 22.7 Å². The van der Waals surface area contributed by atoms with Crippen LogP contribution < -0.4 is 10.9 Å². The number of nitrogens with two attached hydrogens (primary N) is 1. The van der Waals surface area contributed by atoms with E-state index in [2.05, 4.69) is 11.4 Å². The first-order valence-electron chi connectivity index (χ1n) is 10.3. The van der Waals surface area contributed by atoms with E-state index in [1.165, 1.54) is 10.1 Å². The van der Waals surface area contributed by atoms with Crippen LogP contribution in [0, 0.1) is 4.77 Å². The monoisotopic (exact) mass is 428 g/mol. The zero-order valence-corrected chi connectivity index (χ0v) is 17.6. The number of nitrogens with zero attached hydrogens (tertiary/aromatic N) is 2. The largest absolute Gasteiger partial charge is 0.494 e. The number of hydrogen-bond acceptors (Lipinski definition) is 3. The van der Waals surface area contributed by atoms with E-state index in [4.69, 9.17) is 12.2 Å². The van der Waals surface area contributed by atoms with Crippen molar-refractivity contribution in [2.45, 2.75) is 12.5 Å². The van der Waals surface area contributed by atoms with Crippen molar-refractivity contribution >= 4 is 12.2 Å². The zero-order valence-electron chi connectivity index (χ0n) is 16.8. The second kappa shape index (κ2) is 7.98. The molecule has 2 heterocycles. The number of aromatic nitrogens is 2. The van der Waals surface area contributed by atoms with Crippen molar-refractivity contribution in [3.63, 3.8) is 0 Å². The van der Waals surface area contributed by atoms with Crippen molar-refractivity contribution in [3.8, 4) is 17.3 Å². The van der Waals surface area contributed by atoms with Crippen LogP contribution in [-0.4, -0.2) is 20.8 Å². The van der Waals surface area contributed by atoms with Crippen molar-refractivity contribution in [3.05, 3.63) is 117 Å². The van der Waals surface area contributed by atoms with Crippen LogP contribution in [0.15, 0.2) is 89.7 Å². The Hall–Kier alpha value is -3.48. The van der Waals surface area contributed by atoms with Crippen molar-refractivity contribution in [2.75, 3.05) is 6.54 Å². The van der Waals surface area contributed by atoms with Gasteiger partial charge in [0.1, 0.15) is 11.6 Å². The predicted octanol–water partition coefficient (Wildman–Crippen LogP) is 3.27. The standard InChI is InChI=1S/C25H21N3O2S/c29-23-21(22-20-14-8-7-9-17(20)15-16-26-22)24(30)28(19-12-5-2-6-13-19)25(31)27(23)18-10-3-1-4-11-18/h1-14,22,26,29H,15-16H2/p+1/t22-/m0/s1. The lowest BCUT2D eigenvalue weighted by Crippen LogP contribution is -2.87. The van der Waals surface area contributed by atoms with Gasteiger partial charge in [0.15, 0.2) is 4.77 Å². The van der Waals surface area contributed by atoms with E-state index < -0.39 is 0 Å².